The number of alkyl halides is 3. The van der Waals surface area contributed by atoms with E-state index in [2.05, 4.69) is 11.1 Å². The normalized spacial score (nSPS) is 12.5. The molecule has 0 aliphatic carbocycles. The highest BCUT2D eigenvalue weighted by molar-refractivity contribution is 6.66. The molecule has 0 bridgehead atoms. The molecule has 1 heterocycles. The Bertz CT molecular complexity index is 625. The van der Waals surface area contributed by atoms with E-state index in [0.29, 0.717) is 18.1 Å². The van der Waals surface area contributed by atoms with Crippen LogP contribution in [-0.2, 0) is 8.59 Å². The summed E-state index contributed by atoms with van der Waals surface area (Å²) in [5.74, 6) is -0.0435. The molecule has 0 saturated heterocycles. The first-order valence-corrected chi connectivity index (χ1v) is 9.73. The number of allylic oxidation sites excluding steroid dienone is 3. The minimum atomic E-state index is -1.54. The van der Waals surface area contributed by atoms with Gasteiger partial charge in [-0.25, -0.2) is 4.98 Å². The number of rotatable bonds is 11. The third kappa shape index (κ3) is 10.0. The number of carbonyl (C=O) groups is 1. The van der Waals surface area contributed by atoms with Crippen LogP contribution in [-0.4, -0.2) is 17.5 Å². The van der Waals surface area contributed by atoms with Gasteiger partial charge in [-0.2, -0.15) is 0 Å². The Morgan fingerprint density at radius 2 is 1.92 bits per heavy atom. The quantitative estimate of drug-likeness (QED) is 0.219. The molecule has 0 atom stereocenters. The molecule has 7 heteroatoms. The number of amides is 1. The zero-order valence-electron chi connectivity index (χ0n) is 14.9. The Morgan fingerprint density at radius 1 is 1.23 bits per heavy atom. The van der Waals surface area contributed by atoms with Crippen LogP contribution in [0.1, 0.15) is 51.0 Å². The summed E-state index contributed by atoms with van der Waals surface area (Å²) >= 11 is 17.7. The molecule has 0 aliphatic rings. The fraction of sp³-hybridized carbons (Fsp3) is 0.474. The van der Waals surface area contributed by atoms with E-state index in [-0.39, 0.29) is 0 Å². The molecule has 0 fully saturated rings. The van der Waals surface area contributed by atoms with Gasteiger partial charge in [0.1, 0.15) is 0 Å². The highest BCUT2D eigenvalue weighted by atomic mass is 35.6. The van der Waals surface area contributed by atoms with E-state index in [9.17, 15) is 4.79 Å². The molecule has 1 amide bonds. The Balaban J connectivity index is 2.14. The summed E-state index contributed by atoms with van der Waals surface area (Å²) in [6, 6.07) is 3.41. The van der Waals surface area contributed by atoms with Crippen molar-refractivity contribution in [1.29, 1.82) is 0 Å². The summed E-state index contributed by atoms with van der Waals surface area (Å²) in [5, 5.41) is 0. The minimum Gasteiger partial charge on any atom is -0.477 e. The number of primary amides is 1. The smallest absolute Gasteiger partial charge is 0.241 e. The highest BCUT2D eigenvalue weighted by Crippen LogP contribution is 2.41. The highest BCUT2D eigenvalue weighted by Gasteiger charge is 2.27. The number of pyridine rings is 1. The summed E-state index contributed by atoms with van der Waals surface area (Å²) in [5.41, 5.74) is 6.42. The zero-order chi connectivity index (χ0) is 19.4. The van der Waals surface area contributed by atoms with Crippen LogP contribution in [0.2, 0.25) is 0 Å². The molecule has 26 heavy (non-hydrogen) atoms. The molecule has 1 rings (SSSR count). The average Bonchev–Trinajstić information content (AvgIpc) is 2.55. The monoisotopic (exact) mass is 418 g/mol. The molecule has 1 aromatic rings. The molecular weight excluding hydrogens is 395 g/mol. The first-order chi connectivity index (χ1) is 12.3. The van der Waals surface area contributed by atoms with Gasteiger partial charge in [0, 0.05) is 12.3 Å². The number of ether oxygens (including phenoxy) is 1. The Labute approximate surface area is 170 Å². The van der Waals surface area contributed by atoms with Crippen LogP contribution in [0.15, 0.2) is 42.1 Å². The van der Waals surface area contributed by atoms with E-state index in [4.69, 9.17) is 45.3 Å². The summed E-state index contributed by atoms with van der Waals surface area (Å²) in [6.45, 7) is 2.40. The topological polar surface area (TPSA) is 65.2 Å². The minimum absolute atomic E-state index is 0.372. The Morgan fingerprint density at radius 3 is 2.62 bits per heavy atom. The van der Waals surface area contributed by atoms with Gasteiger partial charge in [-0.3, -0.25) is 4.79 Å². The van der Waals surface area contributed by atoms with Crippen LogP contribution >= 0.6 is 34.8 Å². The van der Waals surface area contributed by atoms with Gasteiger partial charge in [-0.15, -0.1) is 0 Å². The van der Waals surface area contributed by atoms with Crippen LogP contribution in [0.25, 0.3) is 0 Å². The lowest BCUT2D eigenvalue weighted by molar-refractivity contribution is -0.113. The third-order valence-corrected chi connectivity index (χ3v) is 4.19. The van der Waals surface area contributed by atoms with Crippen LogP contribution in [0.4, 0.5) is 0 Å². The molecule has 0 aliphatic heterocycles. The molecule has 1 aromatic heterocycles. The molecule has 0 aromatic carbocycles. The van der Waals surface area contributed by atoms with Gasteiger partial charge in [-0.05, 0) is 43.9 Å². The maximum atomic E-state index is 10.7. The molecule has 0 spiro atoms. The van der Waals surface area contributed by atoms with Crippen LogP contribution in [0, 0.1) is 0 Å². The standard InChI is InChI=1S/C19H25Cl3N2O2/c1-15(14-17(23)25)10-7-5-3-2-4-6-8-13-26-18-16(19(20,21)22)11-9-12-24-18/h7,9-12,14H,2-6,8,13H2,1H3,(H2,23,25)/b10-7+,15-14+. The zero-order valence-corrected chi connectivity index (χ0v) is 17.2. The first-order valence-electron chi connectivity index (χ1n) is 8.60. The van der Waals surface area contributed by atoms with Gasteiger partial charge in [0.2, 0.25) is 15.6 Å². The van der Waals surface area contributed by atoms with Crippen molar-refractivity contribution in [3.8, 4) is 5.88 Å². The molecular formula is C19H25Cl3N2O2. The summed E-state index contributed by atoms with van der Waals surface area (Å²) in [7, 11) is 0. The van der Waals surface area contributed by atoms with E-state index in [1.807, 2.05) is 13.0 Å². The molecule has 4 nitrogen and oxygen atoms in total. The number of aromatic nitrogens is 1. The van der Waals surface area contributed by atoms with Crippen molar-refractivity contribution in [3.05, 3.63) is 47.7 Å². The second-order valence-electron chi connectivity index (χ2n) is 5.95. The summed E-state index contributed by atoms with van der Waals surface area (Å²) in [6.07, 6.45) is 13.4. The van der Waals surface area contributed by atoms with Crippen molar-refractivity contribution < 1.29 is 9.53 Å². The Hall–Kier alpha value is -1.23. The van der Waals surface area contributed by atoms with E-state index >= 15 is 0 Å². The number of nitrogens with zero attached hydrogens (tertiary/aromatic N) is 1. The van der Waals surface area contributed by atoms with Crippen molar-refractivity contribution in [2.24, 2.45) is 5.73 Å². The van der Waals surface area contributed by atoms with E-state index in [1.165, 1.54) is 6.08 Å². The number of hydrogen-bond donors (Lipinski definition) is 1. The van der Waals surface area contributed by atoms with Gasteiger partial charge in [0.05, 0.1) is 12.2 Å². The van der Waals surface area contributed by atoms with Crippen molar-refractivity contribution in [3.63, 3.8) is 0 Å². The summed E-state index contributed by atoms with van der Waals surface area (Å²) in [4.78, 5) is 14.8. The van der Waals surface area contributed by atoms with Gasteiger partial charge >= 0.3 is 0 Å². The van der Waals surface area contributed by atoms with Gasteiger partial charge in [0.15, 0.2) is 0 Å². The van der Waals surface area contributed by atoms with Crippen molar-refractivity contribution in [2.45, 2.75) is 49.2 Å². The van der Waals surface area contributed by atoms with Crippen molar-refractivity contribution in [2.75, 3.05) is 6.61 Å². The molecule has 2 N–H and O–H groups in total. The predicted octanol–water partition coefficient (Wildman–Crippen LogP) is 5.62. The second-order valence-corrected chi connectivity index (χ2v) is 8.23. The van der Waals surface area contributed by atoms with Crippen molar-refractivity contribution >= 4 is 40.7 Å². The fourth-order valence-electron chi connectivity index (χ4n) is 2.33. The maximum absolute atomic E-state index is 10.7. The van der Waals surface area contributed by atoms with Gasteiger partial charge in [0.25, 0.3) is 0 Å². The molecule has 0 unspecified atom stereocenters. The fourth-order valence-corrected chi connectivity index (χ4v) is 2.76. The lowest BCUT2D eigenvalue weighted by Crippen LogP contribution is -2.07. The second kappa shape index (κ2) is 12.2. The SMILES string of the molecule is CC(/C=C/CCCCCCCOc1ncccc1C(Cl)(Cl)Cl)=C\C(N)=O. The van der Waals surface area contributed by atoms with Gasteiger partial charge in [-0.1, -0.05) is 66.2 Å². The largest absolute Gasteiger partial charge is 0.477 e. The van der Waals surface area contributed by atoms with E-state index in [1.54, 1.807) is 18.3 Å². The van der Waals surface area contributed by atoms with Crippen LogP contribution in [0.3, 0.4) is 0 Å². The summed E-state index contributed by atoms with van der Waals surface area (Å²) < 4.78 is 4.11. The molecule has 0 saturated carbocycles. The number of nitrogens with two attached hydrogens (primary N) is 1. The number of carbonyl (C=O) groups excluding carboxylic acids is 1. The van der Waals surface area contributed by atoms with Crippen LogP contribution < -0.4 is 10.5 Å². The van der Waals surface area contributed by atoms with Gasteiger partial charge < -0.3 is 10.5 Å². The molecule has 144 valence electrons. The predicted molar refractivity (Wildman–Crippen MR) is 109 cm³/mol. The number of unbranched alkanes of at least 4 members (excludes halogenated alkanes) is 5. The average molecular weight is 420 g/mol. The maximum Gasteiger partial charge on any atom is 0.241 e. The Kier molecular flexibility index (Phi) is 10.7. The van der Waals surface area contributed by atoms with E-state index < -0.39 is 9.70 Å². The van der Waals surface area contributed by atoms with E-state index in [0.717, 1.165) is 44.1 Å². The third-order valence-electron chi connectivity index (χ3n) is 3.58. The van der Waals surface area contributed by atoms with Crippen molar-refractivity contribution in [1.82, 2.24) is 4.98 Å². The first kappa shape index (κ1) is 22.8. The lowest BCUT2D eigenvalue weighted by atomic mass is 10.1. The lowest BCUT2D eigenvalue weighted by Gasteiger charge is -2.15. The van der Waals surface area contributed by atoms with Crippen LogP contribution in [0.5, 0.6) is 5.88 Å². The molecule has 0 radical (unpaired) electrons. The number of halogens is 3. The number of hydrogen-bond acceptors (Lipinski definition) is 3.